The number of aromatic amines is 2. The number of carbonyl (C=O) groups is 15. The number of aromatic nitrogens is 4. The molecule has 0 radical (unpaired) electrons. The van der Waals surface area contributed by atoms with Crippen molar-refractivity contribution < 1.29 is 97.5 Å². The van der Waals surface area contributed by atoms with Gasteiger partial charge in [-0.25, -0.2) is 9.97 Å². The number of nitrogens with one attached hydrogen (secondary N) is 16. The number of ketones is 1. The number of fused-ring (bicyclic) bond motifs is 3. The van der Waals surface area contributed by atoms with Crippen LogP contribution in [0.2, 0.25) is 0 Å². The van der Waals surface area contributed by atoms with Crippen molar-refractivity contribution in [1.29, 1.82) is 5.41 Å². The number of aromatic hydroxyl groups is 2. The Morgan fingerprint density at radius 3 is 1.55 bits per heavy atom. The molecular formula is C86H118N20O20S2. The summed E-state index contributed by atoms with van der Waals surface area (Å²) in [6.45, 7) is 12.0. The Morgan fingerprint density at radius 1 is 0.586 bits per heavy atom. The van der Waals surface area contributed by atoms with Crippen LogP contribution in [0.25, 0.3) is 11.0 Å². The van der Waals surface area contributed by atoms with E-state index >= 15 is 28.8 Å². The standard InChI is InChI=1S/C86H118N20O20S2/c1-9-14-58-75(117)98-61(28-29-69(113)114)77(119)100-63(34-49-22-26-55(111)27-23-49)79(121)97-59(15-10-2)78(120)105-71(46(4)108)84(126)104-67(72(87)115)43-128-41-51-17-11-16-50(32-51)40-127-42-66(103-76(118)60(95-47(5)109)19-13-31-92-85(88)89)68(112)37-57(86(6,7)8)74(116)99-62(33-48-20-24-54(110)25-21-48)80(122)101-65(36-53-39-90-44-94-53)82(124)106-70(45(3)107)83(125)102-64(81(123)96-58)35-52-38-93-73-56(52)18-12-30-91-73/h11-12,16-18,20-27,30,32,38-39,44-46,57-67,70-71,107-108,110-111H,9-10,13-15,19,28-29,31,33-37,40-43H2,1-8H3,(H2,87,115)(H,90,94)(H,91,93)(H,95,109)(H,96,123)(H,97,121)(H,98,117)(H,99,116)(H,100,119)(H,101,122)(H,102,125)(H,103,118)(H,104,126)(H,105,120)(H,106,124)(H,113,114)(H4,88,89,92)/t45-,46-,57-,58+,59+,60+,61+,62+,63+,64+,65+,66+,67+,70+,71+/m1/s1. The summed E-state index contributed by atoms with van der Waals surface area (Å²) in [5.74, 6) is -16.7. The molecule has 128 heavy (non-hydrogen) atoms. The molecule has 1 aliphatic heterocycles. The van der Waals surface area contributed by atoms with Crippen LogP contribution in [0.3, 0.4) is 0 Å². The molecule has 25 N–H and O–H groups in total. The van der Waals surface area contributed by atoms with Gasteiger partial charge in [-0.3, -0.25) is 77.3 Å². The second-order valence-corrected chi connectivity index (χ2v) is 34.6. The number of aliphatic hydroxyl groups is 2. The highest BCUT2D eigenvalue weighted by Gasteiger charge is 2.42. The summed E-state index contributed by atoms with van der Waals surface area (Å²) in [6, 6.07) is 2.15. The maximum absolute atomic E-state index is 15.3. The van der Waals surface area contributed by atoms with Crippen LogP contribution in [-0.2, 0) is 109 Å². The van der Waals surface area contributed by atoms with Crippen LogP contribution in [0.1, 0.15) is 147 Å². The fraction of sp³-hybridized carbons (Fsp3) is 0.488. The summed E-state index contributed by atoms with van der Waals surface area (Å²) in [7, 11) is 0. The number of benzene rings is 3. The minimum absolute atomic E-state index is 0.0197. The second-order valence-electron chi connectivity index (χ2n) is 32.5. The number of carboxylic acid groups (broad SMARTS) is 1. The third-order valence-electron chi connectivity index (χ3n) is 21.0. The zero-order valence-corrected chi connectivity index (χ0v) is 74.1. The van der Waals surface area contributed by atoms with E-state index in [0.29, 0.717) is 38.9 Å². The summed E-state index contributed by atoms with van der Waals surface area (Å²) in [6.07, 6.45) is -0.877. The van der Waals surface area contributed by atoms with Gasteiger partial charge in [-0.1, -0.05) is 96.0 Å². The largest absolute Gasteiger partial charge is 0.508 e. The first-order chi connectivity index (χ1) is 60.7. The Morgan fingerprint density at radius 2 is 1.06 bits per heavy atom. The molecule has 42 heteroatoms. The summed E-state index contributed by atoms with van der Waals surface area (Å²) >= 11 is 2.39. The van der Waals surface area contributed by atoms with Crippen LogP contribution in [-0.4, -0.2) is 243 Å². The number of nitrogens with two attached hydrogens (primary N) is 2. The van der Waals surface area contributed by atoms with Crippen LogP contribution >= 0.6 is 23.5 Å². The minimum Gasteiger partial charge on any atom is -0.508 e. The molecule has 0 fully saturated rings. The first-order valence-electron chi connectivity index (χ1n) is 42.0. The van der Waals surface area contributed by atoms with Gasteiger partial charge in [0, 0.05) is 111 Å². The molecule has 2 bridgehead atoms. The highest BCUT2D eigenvalue weighted by atomic mass is 32.2. The lowest BCUT2D eigenvalue weighted by atomic mass is 9.76. The molecule has 7 rings (SSSR count). The molecule has 3 aromatic carbocycles. The van der Waals surface area contributed by atoms with Crippen LogP contribution < -0.4 is 80.6 Å². The first-order valence-corrected chi connectivity index (χ1v) is 44.3. The number of amides is 13. The quantitative estimate of drug-likeness (QED) is 0.0197. The van der Waals surface area contributed by atoms with Crippen molar-refractivity contribution in [3.05, 3.63) is 143 Å². The number of primary amides is 1. The van der Waals surface area contributed by atoms with Gasteiger partial charge < -0.3 is 116 Å². The number of H-pyrrole nitrogens is 2. The Bertz CT molecular complexity index is 4840. The van der Waals surface area contributed by atoms with Gasteiger partial charge in [-0.05, 0) is 116 Å². The van der Waals surface area contributed by atoms with E-state index in [0.717, 1.165) is 6.92 Å². The molecule has 40 nitrogen and oxygen atoms in total. The number of thioether (sulfide) groups is 2. The number of rotatable bonds is 25. The Hall–Kier alpha value is -12.7. The van der Waals surface area contributed by atoms with Gasteiger partial charge in [0.05, 0.1) is 24.6 Å². The van der Waals surface area contributed by atoms with Gasteiger partial charge in [-0.15, -0.1) is 0 Å². The zero-order valence-electron chi connectivity index (χ0n) is 72.5. The number of imidazole rings is 1. The molecule has 3 aromatic heterocycles. The number of nitrogens with zero attached hydrogens (tertiary/aromatic N) is 2. The molecule has 6 aromatic rings. The van der Waals surface area contributed by atoms with E-state index < -0.39 is 204 Å². The number of aliphatic carboxylic acids is 1. The van der Waals surface area contributed by atoms with E-state index in [-0.39, 0.29) is 117 Å². The van der Waals surface area contributed by atoms with Crippen molar-refractivity contribution in [1.82, 2.24) is 89.1 Å². The number of carboxylic acids is 1. The average Bonchev–Trinajstić information content (AvgIpc) is 1.54. The lowest BCUT2D eigenvalue weighted by molar-refractivity contribution is -0.139. The number of Topliss-reactive ketones (excluding diaryl/α,β-unsaturated/α-hetero) is 1. The van der Waals surface area contributed by atoms with Gasteiger partial charge in [0.25, 0.3) is 0 Å². The maximum Gasteiger partial charge on any atom is 0.303 e. The maximum atomic E-state index is 15.3. The monoisotopic (exact) mass is 1810 g/mol. The number of phenols is 2. The molecule has 4 heterocycles. The van der Waals surface area contributed by atoms with Crippen molar-refractivity contribution in [3.63, 3.8) is 0 Å². The third-order valence-corrected chi connectivity index (χ3v) is 23.2. The van der Waals surface area contributed by atoms with E-state index in [1.54, 1.807) is 65.0 Å². The highest BCUT2D eigenvalue weighted by molar-refractivity contribution is 7.98. The first kappa shape index (κ1) is 102. The summed E-state index contributed by atoms with van der Waals surface area (Å²) in [4.78, 5) is 231. The molecule has 0 saturated heterocycles. The molecule has 13 amide bonds. The minimum atomic E-state index is -1.97. The molecular weight excluding hydrogens is 1700 g/mol. The predicted octanol–water partition coefficient (Wildman–Crippen LogP) is -0.418. The smallest absolute Gasteiger partial charge is 0.303 e. The number of carbonyl (C=O) groups excluding carboxylic acids is 14. The molecule has 1 aliphatic rings. The van der Waals surface area contributed by atoms with Crippen LogP contribution in [0.15, 0.2) is 110 Å². The van der Waals surface area contributed by atoms with Gasteiger partial charge in [0.2, 0.25) is 76.8 Å². The Labute approximate surface area is 748 Å². The van der Waals surface area contributed by atoms with Gasteiger partial charge >= 0.3 is 5.97 Å². The number of hydrogen-bond donors (Lipinski definition) is 23. The van der Waals surface area contributed by atoms with Crippen LogP contribution in [0, 0.1) is 16.7 Å². The second kappa shape index (κ2) is 50.0. The van der Waals surface area contributed by atoms with E-state index in [4.69, 9.17) is 16.9 Å². The van der Waals surface area contributed by atoms with Gasteiger partial charge in [-0.2, -0.15) is 23.5 Å². The molecule has 0 spiro atoms. The number of hydrogen-bond acceptors (Lipinski definition) is 24. The third kappa shape index (κ3) is 32.9. The highest BCUT2D eigenvalue weighted by Crippen LogP contribution is 2.31. The molecule has 694 valence electrons. The summed E-state index contributed by atoms with van der Waals surface area (Å²) < 4.78 is 0. The average molecular weight is 1820 g/mol. The lowest BCUT2D eigenvalue weighted by Crippen LogP contribution is -2.62. The van der Waals surface area contributed by atoms with Crippen LogP contribution in [0.4, 0.5) is 0 Å². The van der Waals surface area contributed by atoms with Crippen molar-refractivity contribution in [2.24, 2.45) is 22.8 Å². The summed E-state index contributed by atoms with van der Waals surface area (Å²) in [5, 5.41) is 95.3. The molecule has 0 aliphatic carbocycles. The van der Waals surface area contributed by atoms with Crippen molar-refractivity contribution in [3.8, 4) is 11.5 Å². The fourth-order valence-electron chi connectivity index (χ4n) is 14.0. The number of pyridine rings is 1. The summed E-state index contributed by atoms with van der Waals surface area (Å²) in [5.41, 5.74) is 13.4. The van der Waals surface area contributed by atoms with Crippen molar-refractivity contribution in [2.75, 3.05) is 18.1 Å². The van der Waals surface area contributed by atoms with E-state index in [9.17, 15) is 68.7 Å². The lowest BCUT2D eigenvalue weighted by Gasteiger charge is -2.32. The molecule has 0 saturated carbocycles. The number of phenolic OH excluding ortho intramolecular Hbond substituents is 2. The van der Waals surface area contributed by atoms with Crippen LogP contribution in [0.5, 0.6) is 11.5 Å². The normalized spacial score (nSPS) is 22.9. The number of aliphatic hydroxyl groups excluding tert-OH is 2. The van der Waals surface area contributed by atoms with E-state index in [2.05, 4.69) is 89.1 Å². The molecule has 0 unspecified atom stereocenters. The van der Waals surface area contributed by atoms with E-state index in [1.165, 1.54) is 111 Å². The van der Waals surface area contributed by atoms with Gasteiger partial charge in [0.15, 0.2) is 11.7 Å². The Kier molecular flexibility index (Phi) is 40.0. The fourth-order valence-corrected chi connectivity index (χ4v) is 16.0. The van der Waals surface area contributed by atoms with Crippen molar-refractivity contribution in [2.45, 2.75) is 235 Å². The van der Waals surface area contributed by atoms with Crippen molar-refractivity contribution >= 4 is 129 Å². The topological polar surface area (TPSA) is 647 Å². The van der Waals surface area contributed by atoms with Gasteiger partial charge in [0.1, 0.15) is 83.6 Å². The number of guanidine groups is 1. The SMILES string of the molecule is CCC[C@@H]1NC(=O)[C@H](Cc2c[nH]c3ncccc23)NC(=O)[C@H]([C@@H](C)O)NC(=O)[C@H](Cc2cnc[nH]2)NC(=O)[C@H](Cc2ccc(O)cc2)NC(=O)[C@H](C(C)(C)C)CC(=O)[C@@H](NC(=O)[C@H](CCCNC(=N)N)NC(C)=O)CSCc2cccc(c2)CSC[C@@H](C(N)=O)NC(=O)[C@H]([C@@H](C)O)NC(=O)[C@H](CCC)NC(=O)[C@H](Cc2ccc(O)cc2)NC(=O)[C@H](CCC(=O)O)NC1=O. The van der Waals surface area contributed by atoms with E-state index in [1.807, 2.05) is 6.07 Å². The predicted molar refractivity (Wildman–Crippen MR) is 474 cm³/mol. The molecule has 15 atom stereocenters. The Balaban J connectivity index is 1.31. The zero-order chi connectivity index (χ0) is 94.1.